The second-order valence-corrected chi connectivity index (χ2v) is 11.2. The Kier molecular flexibility index (Phi) is 4.54. The van der Waals surface area contributed by atoms with Crippen molar-refractivity contribution in [1.29, 1.82) is 0 Å². The largest absolute Gasteiger partial charge is 0.308 e. The first-order valence-electron chi connectivity index (χ1n) is 14.1. The number of pyridine rings is 1. The molecule has 2 heteroatoms. The summed E-state index contributed by atoms with van der Waals surface area (Å²) in [6, 6.07) is 39.4. The lowest BCUT2D eigenvalue weighted by Crippen LogP contribution is -1.98. The molecular weight excluding hydrogens is 484 g/mol. The van der Waals surface area contributed by atoms with Crippen LogP contribution in [0.25, 0.3) is 65.9 Å². The van der Waals surface area contributed by atoms with Crippen LogP contribution in [0.3, 0.4) is 0 Å². The van der Waals surface area contributed by atoms with Crippen LogP contribution in [0.4, 0.5) is 0 Å². The summed E-state index contributed by atoms with van der Waals surface area (Å²) in [7, 11) is 0. The number of hydrogen-bond donors (Lipinski definition) is 0. The van der Waals surface area contributed by atoms with Gasteiger partial charge < -0.3 is 4.57 Å². The van der Waals surface area contributed by atoms with Crippen molar-refractivity contribution < 1.29 is 0 Å². The predicted molar refractivity (Wildman–Crippen MR) is 168 cm³/mol. The number of rotatable bonds is 3. The topological polar surface area (TPSA) is 17.8 Å². The van der Waals surface area contributed by atoms with Gasteiger partial charge in [-0.05, 0) is 75.2 Å². The summed E-state index contributed by atoms with van der Waals surface area (Å²) in [4.78, 5) is 5.13. The van der Waals surface area contributed by atoms with E-state index >= 15 is 0 Å². The lowest BCUT2D eigenvalue weighted by atomic mass is 9.86. The fourth-order valence-electron chi connectivity index (χ4n) is 6.91. The minimum atomic E-state index is 0.701. The maximum Gasteiger partial charge on any atom is 0.0716 e. The Labute approximate surface area is 232 Å². The van der Waals surface area contributed by atoms with Gasteiger partial charge in [-0.25, -0.2) is 0 Å². The summed E-state index contributed by atoms with van der Waals surface area (Å²) in [5.41, 5.74) is 8.37. The van der Waals surface area contributed by atoms with Gasteiger partial charge in [0.05, 0.1) is 28.6 Å². The Balaban J connectivity index is 1.27. The molecule has 2 atom stereocenters. The molecule has 2 heterocycles. The number of hydrogen-bond acceptors (Lipinski definition) is 1. The zero-order valence-electron chi connectivity index (χ0n) is 22.0. The van der Waals surface area contributed by atoms with Gasteiger partial charge in [-0.3, -0.25) is 4.98 Å². The third kappa shape index (κ3) is 3.14. The molecule has 1 saturated carbocycles. The Hall–Kier alpha value is -4.95. The van der Waals surface area contributed by atoms with Crippen molar-refractivity contribution in [3.05, 3.63) is 139 Å². The predicted octanol–water partition coefficient (Wildman–Crippen LogP) is 9.74. The van der Waals surface area contributed by atoms with Crippen LogP contribution in [0.1, 0.15) is 12.0 Å². The van der Waals surface area contributed by atoms with Gasteiger partial charge in [-0.15, -0.1) is 0 Å². The van der Waals surface area contributed by atoms with E-state index in [1.165, 1.54) is 66.5 Å². The highest BCUT2D eigenvalue weighted by Crippen LogP contribution is 2.49. The van der Waals surface area contributed by atoms with E-state index < -0.39 is 0 Å². The molecule has 2 nitrogen and oxygen atoms in total. The van der Waals surface area contributed by atoms with Crippen LogP contribution in [-0.2, 0) is 0 Å². The van der Waals surface area contributed by atoms with Crippen LogP contribution in [-0.4, -0.2) is 9.55 Å². The molecule has 0 radical (unpaired) electrons. The van der Waals surface area contributed by atoms with Crippen molar-refractivity contribution in [2.24, 2.45) is 11.8 Å². The summed E-state index contributed by atoms with van der Waals surface area (Å²) in [5.74, 6) is 1.45. The molecule has 1 fully saturated rings. The first-order valence-corrected chi connectivity index (χ1v) is 14.1. The van der Waals surface area contributed by atoms with Crippen molar-refractivity contribution in [2.45, 2.75) is 6.42 Å². The molecular formula is C38H26N2. The number of para-hydroxylation sites is 2. The van der Waals surface area contributed by atoms with Gasteiger partial charge in [0.2, 0.25) is 0 Å². The molecule has 0 N–H and O–H groups in total. The molecule has 188 valence electrons. The number of fused-ring (bicyclic) bond motifs is 6. The minimum absolute atomic E-state index is 0.701. The van der Waals surface area contributed by atoms with E-state index in [2.05, 4.69) is 132 Å². The van der Waals surface area contributed by atoms with Gasteiger partial charge in [-0.2, -0.15) is 0 Å². The van der Waals surface area contributed by atoms with Crippen LogP contribution in [0.5, 0.6) is 0 Å². The van der Waals surface area contributed by atoms with E-state index in [-0.39, 0.29) is 0 Å². The highest BCUT2D eigenvalue weighted by atomic mass is 15.0. The lowest BCUT2D eigenvalue weighted by Gasteiger charge is -2.19. The molecule has 0 spiro atoms. The number of benzene rings is 5. The maximum atomic E-state index is 5.13. The lowest BCUT2D eigenvalue weighted by molar-refractivity contribution is 0.985. The molecule has 40 heavy (non-hydrogen) atoms. The van der Waals surface area contributed by atoms with Crippen LogP contribution in [0, 0.1) is 11.8 Å². The van der Waals surface area contributed by atoms with Crippen LogP contribution in [0.2, 0.25) is 0 Å². The van der Waals surface area contributed by atoms with E-state index in [0.29, 0.717) is 5.92 Å². The smallest absolute Gasteiger partial charge is 0.0716 e. The molecule has 2 aromatic heterocycles. The quantitative estimate of drug-likeness (QED) is 0.216. The Bertz CT molecular complexity index is 2080. The normalized spacial score (nSPS) is 17.9. The highest BCUT2D eigenvalue weighted by molar-refractivity contribution is 6.19. The van der Waals surface area contributed by atoms with Crippen LogP contribution >= 0.6 is 0 Å². The molecule has 5 aromatic carbocycles. The molecule has 0 aliphatic heterocycles. The molecule has 0 bridgehead atoms. The second-order valence-electron chi connectivity index (χ2n) is 11.2. The SMILES string of the molecule is C1=CC2CC2C=C1c1c2ccccc2c(-c2ccc(-n3c4ccccc4c4ccccc43)cn2)c2ccccc12. The standard InChI is InChI=1S/C38H26N2/c1-3-13-32-30(11-1)37(25-18-17-24-21-26(24)22-25)31-12-2-4-14-33(31)38(32)34-20-19-27(23-39-34)40-35-15-7-5-9-28(35)29-10-6-8-16-36(29)40/h1-20,22-24,26H,21H2. The average molecular weight is 511 g/mol. The van der Waals surface area contributed by atoms with Crippen LogP contribution < -0.4 is 0 Å². The van der Waals surface area contributed by atoms with Crippen molar-refractivity contribution >= 4 is 48.9 Å². The van der Waals surface area contributed by atoms with E-state index in [1.54, 1.807) is 0 Å². The van der Waals surface area contributed by atoms with Crippen molar-refractivity contribution in [1.82, 2.24) is 9.55 Å². The average Bonchev–Trinajstić information content (AvgIpc) is 3.72. The van der Waals surface area contributed by atoms with E-state index in [4.69, 9.17) is 4.98 Å². The zero-order valence-corrected chi connectivity index (χ0v) is 22.0. The summed E-state index contributed by atoms with van der Waals surface area (Å²) in [6.07, 6.45) is 10.6. The number of allylic oxidation sites excluding steroid dienone is 4. The molecule has 0 saturated heterocycles. The molecule has 2 unspecified atom stereocenters. The zero-order chi connectivity index (χ0) is 26.2. The number of aromatic nitrogens is 2. The summed E-state index contributed by atoms with van der Waals surface area (Å²) >= 11 is 0. The van der Waals surface area contributed by atoms with Gasteiger partial charge in [-0.1, -0.05) is 103 Å². The summed E-state index contributed by atoms with van der Waals surface area (Å²) in [6.45, 7) is 0. The summed E-state index contributed by atoms with van der Waals surface area (Å²) in [5, 5.41) is 7.61. The molecule has 2 aliphatic carbocycles. The van der Waals surface area contributed by atoms with Gasteiger partial charge >= 0.3 is 0 Å². The first-order chi connectivity index (χ1) is 19.8. The maximum absolute atomic E-state index is 5.13. The third-order valence-corrected chi connectivity index (χ3v) is 8.87. The molecule has 2 aliphatic rings. The van der Waals surface area contributed by atoms with Gasteiger partial charge in [0, 0.05) is 16.3 Å². The first kappa shape index (κ1) is 21.9. The van der Waals surface area contributed by atoms with Crippen LogP contribution in [0.15, 0.2) is 134 Å². The minimum Gasteiger partial charge on any atom is -0.308 e. The second kappa shape index (κ2) is 8.27. The van der Waals surface area contributed by atoms with E-state index in [0.717, 1.165) is 17.3 Å². The summed E-state index contributed by atoms with van der Waals surface area (Å²) < 4.78 is 2.33. The van der Waals surface area contributed by atoms with Gasteiger partial charge in [0.25, 0.3) is 0 Å². The Morgan fingerprint density at radius 3 is 1.65 bits per heavy atom. The van der Waals surface area contributed by atoms with Crippen molar-refractivity contribution in [3.63, 3.8) is 0 Å². The monoisotopic (exact) mass is 510 g/mol. The van der Waals surface area contributed by atoms with Gasteiger partial charge in [0.15, 0.2) is 0 Å². The fraction of sp³-hybridized carbons (Fsp3) is 0.0789. The molecule has 7 aromatic rings. The Morgan fingerprint density at radius 1 is 0.550 bits per heavy atom. The third-order valence-electron chi connectivity index (χ3n) is 8.87. The van der Waals surface area contributed by atoms with Gasteiger partial charge in [0.1, 0.15) is 0 Å². The number of nitrogens with zero attached hydrogens (tertiary/aromatic N) is 2. The van der Waals surface area contributed by atoms with Crippen molar-refractivity contribution in [3.8, 4) is 16.9 Å². The fourth-order valence-corrected chi connectivity index (χ4v) is 6.91. The Morgan fingerprint density at radius 2 is 1.10 bits per heavy atom. The van der Waals surface area contributed by atoms with E-state index in [9.17, 15) is 0 Å². The van der Waals surface area contributed by atoms with Crippen molar-refractivity contribution in [2.75, 3.05) is 0 Å². The van der Waals surface area contributed by atoms with E-state index in [1.807, 2.05) is 6.20 Å². The highest BCUT2D eigenvalue weighted by Gasteiger charge is 2.35. The molecule has 0 amide bonds. The molecule has 9 rings (SSSR count).